The number of hydrogen-bond donors (Lipinski definition) is 0. The number of rotatable bonds is 5. The summed E-state index contributed by atoms with van der Waals surface area (Å²) < 4.78 is 5.02. The van der Waals surface area contributed by atoms with Gasteiger partial charge >= 0.3 is 5.97 Å². The molecule has 0 saturated heterocycles. The first kappa shape index (κ1) is 17.4. The van der Waals surface area contributed by atoms with E-state index in [2.05, 4.69) is 12.1 Å². The van der Waals surface area contributed by atoms with Crippen LogP contribution in [0.3, 0.4) is 0 Å². The fourth-order valence-electron chi connectivity index (χ4n) is 3.49. The first-order chi connectivity index (χ1) is 10.8. The molecular formula is C19H24O4. The minimum Gasteiger partial charge on any atom is -0.466 e. The Kier molecular flexibility index (Phi) is 5.34. The minimum absolute atomic E-state index is 0.0289. The van der Waals surface area contributed by atoms with Gasteiger partial charge in [-0.1, -0.05) is 17.7 Å². The van der Waals surface area contributed by atoms with Crippen LogP contribution in [0.4, 0.5) is 0 Å². The lowest BCUT2D eigenvalue weighted by Crippen LogP contribution is -2.28. The number of aryl methyl sites for hydroxylation is 3. The predicted octanol–water partition coefficient (Wildman–Crippen LogP) is 2.88. The van der Waals surface area contributed by atoms with Crippen LogP contribution in [0.1, 0.15) is 42.0 Å². The molecule has 1 fully saturated rings. The summed E-state index contributed by atoms with van der Waals surface area (Å²) in [7, 11) is 0. The van der Waals surface area contributed by atoms with Crippen LogP contribution in [0.2, 0.25) is 0 Å². The van der Waals surface area contributed by atoms with Crippen molar-refractivity contribution in [2.24, 2.45) is 11.8 Å². The molecule has 0 heterocycles. The molecule has 0 radical (unpaired) electrons. The molecule has 2 unspecified atom stereocenters. The van der Waals surface area contributed by atoms with Crippen molar-refractivity contribution in [1.82, 2.24) is 0 Å². The van der Waals surface area contributed by atoms with Crippen molar-refractivity contribution in [3.63, 3.8) is 0 Å². The third-order valence-corrected chi connectivity index (χ3v) is 4.58. The van der Waals surface area contributed by atoms with Gasteiger partial charge in [0.05, 0.1) is 12.5 Å². The first-order valence-corrected chi connectivity index (χ1v) is 8.11. The number of benzene rings is 1. The van der Waals surface area contributed by atoms with Crippen molar-refractivity contribution in [2.75, 3.05) is 6.61 Å². The Morgan fingerprint density at radius 2 is 1.65 bits per heavy atom. The fourth-order valence-corrected chi connectivity index (χ4v) is 3.49. The maximum atomic E-state index is 12.7. The Morgan fingerprint density at radius 1 is 1.09 bits per heavy atom. The van der Waals surface area contributed by atoms with Gasteiger partial charge in [0.2, 0.25) is 0 Å². The van der Waals surface area contributed by atoms with Gasteiger partial charge in [0.15, 0.2) is 0 Å². The molecular weight excluding hydrogens is 292 g/mol. The Hall–Kier alpha value is -1.97. The molecule has 1 aromatic carbocycles. The van der Waals surface area contributed by atoms with Crippen molar-refractivity contribution in [3.8, 4) is 0 Å². The van der Waals surface area contributed by atoms with Crippen molar-refractivity contribution >= 4 is 17.5 Å². The second-order valence-corrected chi connectivity index (χ2v) is 6.43. The van der Waals surface area contributed by atoms with Gasteiger partial charge in [-0.15, -0.1) is 0 Å². The van der Waals surface area contributed by atoms with Gasteiger partial charge in [0, 0.05) is 25.2 Å². The average Bonchev–Trinajstić information content (AvgIpc) is 2.85. The topological polar surface area (TPSA) is 60.4 Å². The molecule has 1 saturated carbocycles. The number of hydrogen-bond acceptors (Lipinski definition) is 4. The van der Waals surface area contributed by atoms with E-state index >= 15 is 0 Å². The number of carbonyl (C=O) groups is 3. The summed E-state index contributed by atoms with van der Waals surface area (Å²) in [6.07, 6.45) is 0.555. The van der Waals surface area contributed by atoms with Crippen LogP contribution < -0.4 is 0 Å². The zero-order chi connectivity index (χ0) is 17.1. The zero-order valence-electron chi connectivity index (χ0n) is 14.3. The molecule has 0 spiro atoms. The summed E-state index contributed by atoms with van der Waals surface area (Å²) in [6.45, 7) is 8.00. The number of esters is 1. The maximum absolute atomic E-state index is 12.7. The van der Waals surface area contributed by atoms with E-state index in [1.165, 1.54) is 0 Å². The standard InChI is InChI=1S/C19H24O4/c1-5-23-19(22)17-9-14(20)8-16(17)18(21)10-15-12(3)6-11(2)7-13(15)4/h6-7,16-17H,5,8-10H2,1-4H3. The second-order valence-electron chi connectivity index (χ2n) is 6.43. The summed E-state index contributed by atoms with van der Waals surface area (Å²) in [4.78, 5) is 36.5. The lowest BCUT2D eigenvalue weighted by molar-refractivity contribution is -0.151. The number of Topliss-reactive ketones (excluding diaryl/α,β-unsaturated/α-hetero) is 2. The van der Waals surface area contributed by atoms with E-state index in [0.717, 1.165) is 22.3 Å². The Balaban J connectivity index is 2.19. The monoisotopic (exact) mass is 316 g/mol. The van der Waals surface area contributed by atoms with Gasteiger partial charge in [-0.2, -0.15) is 0 Å². The molecule has 0 aliphatic heterocycles. The molecule has 1 aliphatic carbocycles. The predicted molar refractivity (Wildman–Crippen MR) is 87.2 cm³/mol. The highest BCUT2D eigenvalue weighted by atomic mass is 16.5. The van der Waals surface area contributed by atoms with E-state index in [0.29, 0.717) is 0 Å². The SMILES string of the molecule is CCOC(=O)C1CC(=O)CC1C(=O)Cc1c(C)cc(C)cc1C. The second kappa shape index (κ2) is 7.07. The molecule has 1 aliphatic rings. The lowest BCUT2D eigenvalue weighted by Gasteiger charge is -2.18. The van der Waals surface area contributed by atoms with E-state index in [1.54, 1.807) is 6.92 Å². The van der Waals surface area contributed by atoms with E-state index in [4.69, 9.17) is 4.74 Å². The van der Waals surface area contributed by atoms with Crippen molar-refractivity contribution in [3.05, 3.63) is 34.4 Å². The van der Waals surface area contributed by atoms with Crippen molar-refractivity contribution in [1.29, 1.82) is 0 Å². The largest absolute Gasteiger partial charge is 0.466 e. The molecule has 23 heavy (non-hydrogen) atoms. The third-order valence-electron chi connectivity index (χ3n) is 4.58. The number of ketones is 2. The summed E-state index contributed by atoms with van der Waals surface area (Å²) in [6, 6.07) is 4.11. The van der Waals surface area contributed by atoms with Crippen molar-refractivity contribution < 1.29 is 19.1 Å². The Morgan fingerprint density at radius 3 is 2.22 bits per heavy atom. The Bertz CT molecular complexity index is 622. The molecule has 2 rings (SSSR count). The smallest absolute Gasteiger partial charge is 0.310 e. The molecule has 0 aromatic heterocycles. The van der Waals surface area contributed by atoms with Gasteiger partial charge in [-0.25, -0.2) is 0 Å². The summed E-state index contributed by atoms with van der Waals surface area (Å²) in [5, 5.41) is 0. The van der Waals surface area contributed by atoms with Crippen LogP contribution >= 0.6 is 0 Å². The highest BCUT2D eigenvalue weighted by Crippen LogP contribution is 2.32. The first-order valence-electron chi connectivity index (χ1n) is 8.11. The van der Waals surface area contributed by atoms with Crippen LogP contribution in [-0.2, 0) is 25.5 Å². The zero-order valence-corrected chi connectivity index (χ0v) is 14.3. The third kappa shape index (κ3) is 3.87. The highest BCUT2D eigenvalue weighted by Gasteiger charge is 2.42. The molecule has 4 nitrogen and oxygen atoms in total. The summed E-state index contributed by atoms with van der Waals surface area (Å²) in [5.41, 5.74) is 4.32. The van der Waals surface area contributed by atoms with Gasteiger partial charge in [-0.05, 0) is 44.4 Å². The molecule has 0 bridgehead atoms. The maximum Gasteiger partial charge on any atom is 0.310 e. The van der Waals surface area contributed by atoms with Gasteiger partial charge in [-0.3, -0.25) is 14.4 Å². The van der Waals surface area contributed by atoms with E-state index < -0.39 is 17.8 Å². The van der Waals surface area contributed by atoms with Gasteiger partial charge in [0.1, 0.15) is 11.6 Å². The molecule has 1 aromatic rings. The molecule has 0 N–H and O–H groups in total. The molecule has 124 valence electrons. The molecule has 4 heteroatoms. The van der Waals surface area contributed by atoms with Gasteiger partial charge in [0.25, 0.3) is 0 Å². The number of carbonyl (C=O) groups excluding carboxylic acids is 3. The summed E-state index contributed by atoms with van der Waals surface area (Å²) in [5.74, 6) is -1.64. The van der Waals surface area contributed by atoms with E-state index in [-0.39, 0.29) is 37.4 Å². The molecule has 2 atom stereocenters. The van der Waals surface area contributed by atoms with E-state index in [1.807, 2.05) is 20.8 Å². The van der Waals surface area contributed by atoms with Crippen LogP contribution in [0.15, 0.2) is 12.1 Å². The highest BCUT2D eigenvalue weighted by molar-refractivity contribution is 5.98. The average molecular weight is 316 g/mol. The number of ether oxygens (including phenoxy) is 1. The van der Waals surface area contributed by atoms with Crippen LogP contribution in [0, 0.1) is 32.6 Å². The van der Waals surface area contributed by atoms with Crippen molar-refractivity contribution in [2.45, 2.75) is 47.0 Å². The summed E-state index contributed by atoms with van der Waals surface area (Å²) >= 11 is 0. The lowest BCUT2D eigenvalue weighted by atomic mass is 9.86. The van der Waals surface area contributed by atoms with Crippen LogP contribution in [0.5, 0.6) is 0 Å². The molecule has 0 amide bonds. The van der Waals surface area contributed by atoms with Gasteiger partial charge < -0.3 is 4.74 Å². The fraction of sp³-hybridized carbons (Fsp3) is 0.526. The normalized spacial score (nSPS) is 20.6. The quantitative estimate of drug-likeness (QED) is 0.784. The van der Waals surface area contributed by atoms with Crippen LogP contribution in [-0.4, -0.2) is 24.1 Å². The Labute approximate surface area is 137 Å². The van der Waals surface area contributed by atoms with Crippen LogP contribution in [0.25, 0.3) is 0 Å². The van der Waals surface area contributed by atoms with E-state index in [9.17, 15) is 14.4 Å². The minimum atomic E-state index is -0.610.